The van der Waals surface area contributed by atoms with Gasteiger partial charge in [0.2, 0.25) is 0 Å². The molecular formula is C12H21N3S. The highest BCUT2D eigenvalue weighted by atomic mass is 32.2. The van der Waals surface area contributed by atoms with E-state index in [1.54, 1.807) is 6.33 Å². The Morgan fingerprint density at radius 1 is 1.38 bits per heavy atom. The molecule has 90 valence electrons. The molecule has 0 saturated carbocycles. The molecule has 0 saturated heterocycles. The number of rotatable bonds is 6. The van der Waals surface area contributed by atoms with Crippen molar-refractivity contribution in [2.45, 2.75) is 39.2 Å². The van der Waals surface area contributed by atoms with Crippen LogP contribution in [0, 0.1) is 0 Å². The number of nitrogens with zero attached hydrogens (tertiary/aromatic N) is 2. The predicted octanol–water partition coefficient (Wildman–Crippen LogP) is 3.15. The number of anilines is 1. The molecule has 1 heterocycles. The number of thioether (sulfide) groups is 1. The van der Waals surface area contributed by atoms with Crippen molar-refractivity contribution < 1.29 is 0 Å². The lowest BCUT2D eigenvalue weighted by Gasteiger charge is -2.16. The van der Waals surface area contributed by atoms with Crippen LogP contribution in [-0.4, -0.2) is 28.0 Å². The van der Waals surface area contributed by atoms with Crippen molar-refractivity contribution in [3.63, 3.8) is 0 Å². The van der Waals surface area contributed by atoms with Crippen LogP contribution in [0.1, 0.15) is 38.8 Å². The first-order valence-electron chi connectivity index (χ1n) is 5.74. The van der Waals surface area contributed by atoms with Crippen LogP contribution in [0.4, 0.5) is 5.82 Å². The zero-order valence-electron chi connectivity index (χ0n) is 10.5. The summed E-state index contributed by atoms with van der Waals surface area (Å²) in [5.74, 6) is 2.50. The molecule has 0 aliphatic heterocycles. The van der Waals surface area contributed by atoms with Gasteiger partial charge in [0, 0.05) is 23.6 Å². The van der Waals surface area contributed by atoms with Crippen molar-refractivity contribution in [1.29, 1.82) is 0 Å². The second kappa shape index (κ2) is 6.74. The molecule has 4 heteroatoms. The Hall–Kier alpha value is -0.770. The fourth-order valence-corrected chi connectivity index (χ4v) is 2.16. The molecule has 1 unspecified atom stereocenters. The number of hydrogen-bond donors (Lipinski definition) is 1. The molecule has 1 aromatic rings. The van der Waals surface area contributed by atoms with Crippen LogP contribution in [0.25, 0.3) is 0 Å². The van der Waals surface area contributed by atoms with Crippen molar-refractivity contribution in [2.75, 3.05) is 17.3 Å². The van der Waals surface area contributed by atoms with Gasteiger partial charge in [-0.15, -0.1) is 0 Å². The molecule has 1 rings (SSSR count). The molecule has 0 radical (unpaired) electrons. The van der Waals surface area contributed by atoms with E-state index in [-0.39, 0.29) is 0 Å². The van der Waals surface area contributed by atoms with Gasteiger partial charge in [-0.05, 0) is 18.6 Å². The van der Waals surface area contributed by atoms with Gasteiger partial charge in [-0.1, -0.05) is 20.8 Å². The zero-order chi connectivity index (χ0) is 12.0. The molecule has 3 nitrogen and oxygen atoms in total. The third kappa shape index (κ3) is 4.00. The highest BCUT2D eigenvalue weighted by Crippen LogP contribution is 2.15. The van der Waals surface area contributed by atoms with Crippen LogP contribution in [0.3, 0.4) is 0 Å². The Morgan fingerprint density at radius 3 is 2.69 bits per heavy atom. The number of nitrogens with one attached hydrogen (secondary N) is 1. The van der Waals surface area contributed by atoms with Gasteiger partial charge in [-0.3, -0.25) is 0 Å². The van der Waals surface area contributed by atoms with Gasteiger partial charge < -0.3 is 5.32 Å². The highest BCUT2D eigenvalue weighted by molar-refractivity contribution is 7.98. The molecular weight excluding hydrogens is 218 g/mol. The Balaban J connectivity index is 2.68. The second-order valence-electron chi connectivity index (χ2n) is 4.19. The summed E-state index contributed by atoms with van der Waals surface area (Å²) in [6, 6.07) is 2.54. The van der Waals surface area contributed by atoms with E-state index in [0.29, 0.717) is 12.0 Å². The quantitative estimate of drug-likeness (QED) is 0.827. The highest BCUT2D eigenvalue weighted by Gasteiger charge is 2.07. The van der Waals surface area contributed by atoms with E-state index < -0.39 is 0 Å². The lowest BCUT2D eigenvalue weighted by Crippen LogP contribution is -2.22. The summed E-state index contributed by atoms with van der Waals surface area (Å²) in [6.45, 7) is 6.48. The van der Waals surface area contributed by atoms with E-state index in [1.165, 1.54) is 0 Å². The summed E-state index contributed by atoms with van der Waals surface area (Å²) in [6.07, 6.45) is 4.88. The minimum atomic E-state index is 0.448. The van der Waals surface area contributed by atoms with E-state index in [1.807, 2.05) is 17.8 Å². The van der Waals surface area contributed by atoms with Crippen LogP contribution in [-0.2, 0) is 0 Å². The standard InChI is InChI=1S/C12H21N3S/c1-5-10(7-16-4)15-12-6-11(9(2)3)13-8-14-12/h6,8-10H,5,7H2,1-4H3,(H,13,14,15). The summed E-state index contributed by atoms with van der Waals surface area (Å²) >= 11 is 1.86. The Bertz CT molecular complexity index is 315. The molecule has 0 aliphatic carbocycles. The monoisotopic (exact) mass is 239 g/mol. The lowest BCUT2D eigenvalue weighted by atomic mass is 10.1. The molecule has 0 fully saturated rings. The van der Waals surface area contributed by atoms with Crippen molar-refractivity contribution >= 4 is 17.6 Å². The molecule has 0 bridgehead atoms. The third-order valence-corrected chi connectivity index (χ3v) is 3.23. The van der Waals surface area contributed by atoms with Gasteiger partial charge in [0.15, 0.2) is 0 Å². The average Bonchev–Trinajstić information content (AvgIpc) is 2.29. The van der Waals surface area contributed by atoms with Crippen LogP contribution < -0.4 is 5.32 Å². The first-order valence-corrected chi connectivity index (χ1v) is 7.14. The second-order valence-corrected chi connectivity index (χ2v) is 5.10. The van der Waals surface area contributed by atoms with Crippen molar-refractivity contribution in [3.05, 3.63) is 18.1 Å². The van der Waals surface area contributed by atoms with Crippen LogP contribution in [0.2, 0.25) is 0 Å². The van der Waals surface area contributed by atoms with Gasteiger partial charge in [0.05, 0.1) is 0 Å². The van der Waals surface area contributed by atoms with Gasteiger partial charge in [0.25, 0.3) is 0 Å². The molecule has 16 heavy (non-hydrogen) atoms. The maximum absolute atomic E-state index is 4.26. The van der Waals surface area contributed by atoms with Crippen molar-refractivity contribution in [2.24, 2.45) is 0 Å². The number of aromatic nitrogens is 2. The molecule has 0 aliphatic rings. The summed E-state index contributed by atoms with van der Waals surface area (Å²) < 4.78 is 0. The molecule has 1 N–H and O–H groups in total. The van der Waals surface area contributed by atoms with Crippen LogP contribution >= 0.6 is 11.8 Å². The van der Waals surface area contributed by atoms with Gasteiger partial charge in [-0.25, -0.2) is 9.97 Å². The first kappa shape index (κ1) is 13.3. The topological polar surface area (TPSA) is 37.8 Å². The smallest absolute Gasteiger partial charge is 0.129 e. The largest absolute Gasteiger partial charge is 0.366 e. The predicted molar refractivity (Wildman–Crippen MR) is 72.2 cm³/mol. The van der Waals surface area contributed by atoms with E-state index in [2.05, 4.69) is 42.3 Å². The van der Waals surface area contributed by atoms with Crippen molar-refractivity contribution in [3.8, 4) is 0 Å². The normalized spacial score (nSPS) is 12.8. The molecule has 1 aromatic heterocycles. The Morgan fingerprint density at radius 2 is 2.12 bits per heavy atom. The van der Waals surface area contributed by atoms with E-state index in [9.17, 15) is 0 Å². The van der Waals surface area contributed by atoms with Crippen molar-refractivity contribution in [1.82, 2.24) is 9.97 Å². The Labute approximate surface area is 102 Å². The van der Waals surface area contributed by atoms with Crippen LogP contribution in [0.5, 0.6) is 0 Å². The van der Waals surface area contributed by atoms with Gasteiger partial charge >= 0.3 is 0 Å². The number of hydrogen-bond acceptors (Lipinski definition) is 4. The van der Waals surface area contributed by atoms with Gasteiger partial charge in [0.1, 0.15) is 12.1 Å². The molecule has 0 amide bonds. The maximum Gasteiger partial charge on any atom is 0.129 e. The third-order valence-electron chi connectivity index (χ3n) is 2.49. The fourth-order valence-electron chi connectivity index (χ4n) is 1.44. The SMILES string of the molecule is CCC(CSC)Nc1cc(C(C)C)ncn1. The maximum atomic E-state index is 4.26. The fraction of sp³-hybridized carbons (Fsp3) is 0.667. The summed E-state index contributed by atoms with van der Waals surface area (Å²) in [7, 11) is 0. The summed E-state index contributed by atoms with van der Waals surface area (Å²) in [5.41, 5.74) is 1.09. The molecule has 0 aromatic carbocycles. The summed E-state index contributed by atoms with van der Waals surface area (Å²) in [4.78, 5) is 8.52. The first-order chi connectivity index (χ1) is 7.67. The summed E-state index contributed by atoms with van der Waals surface area (Å²) in [5, 5.41) is 3.45. The van der Waals surface area contributed by atoms with Crippen LogP contribution in [0.15, 0.2) is 12.4 Å². The minimum Gasteiger partial charge on any atom is -0.366 e. The van der Waals surface area contributed by atoms with E-state index in [0.717, 1.165) is 23.7 Å². The van der Waals surface area contributed by atoms with E-state index >= 15 is 0 Å². The minimum absolute atomic E-state index is 0.448. The molecule has 1 atom stereocenters. The van der Waals surface area contributed by atoms with E-state index in [4.69, 9.17) is 0 Å². The molecule has 0 spiro atoms. The zero-order valence-corrected chi connectivity index (χ0v) is 11.3. The average molecular weight is 239 g/mol. The van der Waals surface area contributed by atoms with Gasteiger partial charge in [-0.2, -0.15) is 11.8 Å². The Kier molecular flexibility index (Phi) is 5.60. The lowest BCUT2D eigenvalue weighted by molar-refractivity contribution is 0.762.